The van der Waals surface area contributed by atoms with Gasteiger partial charge in [-0.2, -0.15) is 0 Å². The van der Waals surface area contributed by atoms with Crippen molar-refractivity contribution in [2.45, 2.75) is 11.8 Å². The molecule has 0 aliphatic carbocycles. The third-order valence-electron chi connectivity index (χ3n) is 3.27. The zero-order chi connectivity index (χ0) is 14.1. The van der Waals surface area contributed by atoms with Crippen LogP contribution in [0.2, 0.25) is 4.34 Å². The van der Waals surface area contributed by atoms with Crippen LogP contribution in [0.25, 0.3) is 21.9 Å². The largest absolute Gasteiger partial charge is 0.127 e. The summed E-state index contributed by atoms with van der Waals surface area (Å²) in [6, 6.07) is 14.6. The average molecular weight is 342 g/mol. The molecule has 0 aliphatic rings. The van der Waals surface area contributed by atoms with Crippen molar-refractivity contribution in [1.82, 2.24) is 0 Å². The van der Waals surface area contributed by atoms with Crippen LogP contribution in [-0.4, -0.2) is 0 Å². The lowest BCUT2D eigenvalue weighted by molar-refractivity contribution is 1.45. The first-order chi connectivity index (χ1) is 9.72. The van der Waals surface area contributed by atoms with E-state index >= 15 is 0 Å². The molecule has 0 spiro atoms. The highest BCUT2D eigenvalue weighted by atomic mass is 35.5. The second-order valence-corrected chi connectivity index (χ2v) is 6.80. The first kappa shape index (κ1) is 14.2. The number of rotatable bonds is 3. The summed E-state index contributed by atoms with van der Waals surface area (Å²) in [6.07, 6.45) is 0. The molecule has 0 atom stereocenters. The monoisotopic (exact) mass is 340 g/mol. The minimum Gasteiger partial charge on any atom is -0.127 e. The summed E-state index contributed by atoms with van der Waals surface area (Å²) in [5.41, 5.74) is 3.25. The third-order valence-corrected chi connectivity index (χ3v) is 5.36. The molecule has 0 bridgehead atoms. The van der Waals surface area contributed by atoms with Crippen molar-refractivity contribution >= 4 is 56.9 Å². The molecular weight excluding hydrogens is 331 g/mol. The molecule has 102 valence electrons. The molecule has 0 unspecified atom stereocenters. The van der Waals surface area contributed by atoms with Crippen molar-refractivity contribution < 1.29 is 0 Å². The molecular formula is C16H11Cl3S. The Morgan fingerprint density at radius 1 is 0.950 bits per heavy atom. The molecule has 0 radical (unpaired) electrons. The quantitative estimate of drug-likeness (QED) is 0.465. The van der Waals surface area contributed by atoms with Gasteiger partial charge in [-0.15, -0.1) is 34.5 Å². The Bertz CT molecular complexity index is 762. The Labute approximate surface area is 136 Å². The van der Waals surface area contributed by atoms with Crippen molar-refractivity contribution in [3.05, 3.63) is 57.2 Å². The smallest absolute Gasteiger partial charge is 0.101 e. The van der Waals surface area contributed by atoms with Crippen LogP contribution in [0.15, 0.2) is 42.5 Å². The molecule has 0 amide bonds. The summed E-state index contributed by atoms with van der Waals surface area (Å²) in [4.78, 5) is 1.08. The van der Waals surface area contributed by atoms with Gasteiger partial charge in [0.25, 0.3) is 0 Å². The standard InChI is InChI=1S/C16H11Cl3S/c17-8-12-6-11(5-10-3-1-2-4-14(10)12)15-7-13(9-18)20-16(15)19/h1-7H,8-9H2. The summed E-state index contributed by atoms with van der Waals surface area (Å²) < 4.78 is 0.774. The summed E-state index contributed by atoms with van der Waals surface area (Å²) in [7, 11) is 0. The van der Waals surface area contributed by atoms with Gasteiger partial charge in [-0.05, 0) is 40.1 Å². The SMILES string of the molecule is ClCc1cc(-c2cc(CCl)c3ccccc3c2)c(Cl)s1. The lowest BCUT2D eigenvalue weighted by Gasteiger charge is -2.08. The molecule has 3 rings (SSSR count). The predicted molar refractivity (Wildman–Crippen MR) is 91.4 cm³/mol. The first-order valence-corrected chi connectivity index (χ1v) is 8.41. The maximum atomic E-state index is 6.33. The van der Waals surface area contributed by atoms with Crippen LogP contribution >= 0.6 is 46.1 Å². The minimum absolute atomic E-state index is 0.485. The number of halogens is 3. The molecule has 1 aromatic heterocycles. The topological polar surface area (TPSA) is 0 Å². The second kappa shape index (κ2) is 5.95. The zero-order valence-corrected chi connectivity index (χ0v) is 13.6. The lowest BCUT2D eigenvalue weighted by Crippen LogP contribution is -1.85. The van der Waals surface area contributed by atoms with Crippen LogP contribution in [-0.2, 0) is 11.8 Å². The summed E-state index contributed by atoms with van der Waals surface area (Å²) in [6.45, 7) is 0. The minimum atomic E-state index is 0.485. The predicted octanol–water partition coefficient (Wildman–Crippen LogP) is 6.70. The molecule has 0 nitrogen and oxygen atoms in total. The van der Waals surface area contributed by atoms with E-state index in [1.165, 1.54) is 22.1 Å². The maximum absolute atomic E-state index is 6.33. The number of hydrogen-bond donors (Lipinski definition) is 0. The van der Waals surface area contributed by atoms with E-state index in [1.54, 1.807) is 0 Å². The number of alkyl halides is 2. The Kier molecular flexibility index (Phi) is 4.23. The van der Waals surface area contributed by atoms with E-state index in [1.807, 2.05) is 12.1 Å². The van der Waals surface area contributed by atoms with Gasteiger partial charge < -0.3 is 0 Å². The third kappa shape index (κ3) is 2.56. The van der Waals surface area contributed by atoms with E-state index in [9.17, 15) is 0 Å². The Morgan fingerprint density at radius 2 is 1.75 bits per heavy atom. The maximum Gasteiger partial charge on any atom is 0.101 e. The Morgan fingerprint density at radius 3 is 2.45 bits per heavy atom. The highest BCUT2D eigenvalue weighted by Gasteiger charge is 2.11. The van der Waals surface area contributed by atoms with Gasteiger partial charge in [-0.3, -0.25) is 0 Å². The van der Waals surface area contributed by atoms with Gasteiger partial charge in [0.05, 0.1) is 5.88 Å². The highest BCUT2D eigenvalue weighted by Crippen LogP contribution is 2.38. The van der Waals surface area contributed by atoms with Crippen molar-refractivity contribution in [1.29, 1.82) is 0 Å². The summed E-state index contributed by atoms with van der Waals surface area (Å²) in [5, 5.41) is 2.37. The Balaban J connectivity index is 2.23. The lowest BCUT2D eigenvalue weighted by atomic mass is 9.99. The molecule has 0 N–H and O–H groups in total. The average Bonchev–Trinajstić information content (AvgIpc) is 2.87. The van der Waals surface area contributed by atoms with E-state index in [-0.39, 0.29) is 0 Å². The van der Waals surface area contributed by atoms with Crippen molar-refractivity contribution in [3.63, 3.8) is 0 Å². The molecule has 0 aliphatic heterocycles. The molecule has 0 saturated carbocycles. The molecule has 1 heterocycles. The molecule has 20 heavy (non-hydrogen) atoms. The second-order valence-electron chi connectivity index (χ2n) is 4.52. The normalized spacial score (nSPS) is 11.2. The van der Waals surface area contributed by atoms with Gasteiger partial charge >= 0.3 is 0 Å². The molecule has 0 saturated heterocycles. The highest BCUT2D eigenvalue weighted by molar-refractivity contribution is 7.17. The number of fused-ring (bicyclic) bond motifs is 1. The fourth-order valence-corrected chi connectivity index (χ4v) is 4.01. The van der Waals surface area contributed by atoms with Gasteiger partial charge in [-0.25, -0.2) is 0 Å². The number of benzene rings is 2. The van der Waals surface area contributed by atoms with Gasteiger partial charge in [0.2, 0.25) is 0 Å². The van der Waals surface area contributed by atoms with Crippen LogP contribution in [0.5, 0.6) is 0 Å². The molecule has 0 fully saturated rings. The summed E-state index contributed by atoms with van der Waals surface area (Å²) in [5.74, 6) is 0.971. The number of hydrogen-bond acceptors (Lipinski definition) is 1. The van der Waals surface area contributed by atoms with Crippen LogP contribution in [0.1, 0.15) is 10.4 Å². The summed E-state index contributed by atoms with van der Waals surface area (Å²) >= 11 is 19.8. The fourth-order valence-electron chi connectivity index (χ4n) is 2.34. The van der Waals surface area contributed by atoms with Gasteiger partial charge in [0, 0.05) is 16.3 Å². The number of thiophene rings is 1. The molecule has 4 heteroatoms. The molecule has 3 aromatic rings. The van der Waals surface area contributed by atoms with Crippen LogP contribution in [0.3, 0.4) is 0 Å². The van der Waals surface area contributed by atoms with Crippen molar-refractivity contribution in [3.8, 4) is 11.1 Å². The van der Waals surface area contributed by atoms with Crippen LogP contribution < -0.4 is 0 Å². The zero-order valence-electron chi connectivity index (χ0n) is 10.5. The van der Waals surface area contributed by atoms with E-state index in [0.29, 0.717) is 11.8 Å². The molecule has 2 aromatic carbocycles. The van der Waals surface area contributed by atoms with Gasteiger partial charge in [0.15, 0.2) is 0 Å². The fraction of sp³-hybridized carbons (Fsp3) is 0.125. The van der Waals surface area contributed by atoms with Crippen LogP contribution in [0, 0.1) is 0 Å². The van der Waals surface area contributed by atoms with Crippen molar-refractivity contribution in [2.24, 2.45) is 0 Å². The first-order valence-electron chi connectivity index (χ1n) is 6.15. The van der Waals surface area contributed by atoms with Crippen molar-refractivity contribution in [2.75, 3.05) is 0 Å². The van der Waals surface area contributed by atoms with E-state index in [4.69, 9.17) is 34.8 Å². The van der Waals surface area contributed by atoms with E-state index in [2.05, 4.69) is 30.3 Å². The van der Waals surface area contributed by atoms with E-state index < -0.39 is 0 Å². The Hall–Kier alpha value is -0.730. The van der Waals surface area contributed by atoms with Gasteiger partial charge in [0.1, 0.15) is 4.34 Å². The van der Waals surface area contributed by atoms with Crippen LogP contribution in [0.4, 0.5) is 0 Å². The van der Waals surface area contributed by atoms with E-state index in [0.717, 1.165) is 25.9 Å². The van der Waals surface area contributed by atoms with Gasteiger partial charge in [-0.1, -0.05) is 35.9 Å².